The van der Waals surface area contributed by atoms with E-state index in [9.17, 15) is 4.79 Å². The van der Waals surface area contributed by atoms with Crippen LogP contribution in [0, 0.1) is 6.92 Å². The van der Waals surface area contributed by atoms with Gasteiger partial charge in [-0.1, -0.05) is 18.2 Å². The van der Waals surface area contributed by atoms with Crippen molar-refractivity contribution in [3.05, 3.63) is 47.5 Å². The second kappa shape index (κ2) is 8.52. The summed E-state index contributed by atoms with van der Waals surface area (Å²) in [5, 5.41) is 0. The number of carbonyl (C=O) groups is 1. The highest BCUT2D eigenvalue weighted by molar-refractivity contribution is 5.96. The molecule has 1 heterocycles. The normalized spacial score (nSPS) is 17.5. The predicted octanol–water partition coefficient (Wildman–Crippen LogP) is 3.26. The molecular formula is C22H28N2O4. The number of ether oxygens (including phenoxy) is 3. The van der Waals surface area contributed by atoms with Crippen molar-refractivity contribution in [3.8, 4) is 17.2 Å². The van der Waals surface area contributed by atoms with E-state index in [2.05, 4.69) is 11.8 Å². The summed E-state index contributed by atoms with van der Waals surface area (Å²) >= 11 is 0. The molecular weight excluding hydrogens is 356 g/mol. The lowest BCUT2D eigenvalue weighted by Crippen LogP contribution is -2.55. The minimum absolute atomic E-state index is 0.0773. The largest absolute Gasteiger partial charge is 0.496 e. The van der Waals surface area contributed by atoms with E-state index < -0.39 is 0 Å². The number of methoxy groups -OCH3 is 3. The van der Waals surface area contributed by atoms with E-state index in [0.29, 0.717) is 24.6 Å². The van der Waals surface area contributed by atoms with Crippen LogP contribution in [-0.4, -0.2) is 51.3 Å². The Morgan fingerprint density at radius 3 is 2.25 bits per heavy atom. The number of benzene rings is 2. The maximum Gasteiger partial charge on any atom is 0.241 e. The van der Waals surface area contributed by atoms with E-state index in [0.717, 1.165) is 29.1 Å². The molecule has 1 amide bonds. The Bertz CT molecular complexity index is 852. The molecule has 0 N–H and O–H groups in total. The van der Waals surface area contributed by atoms with Gasteiger partial charge in [0.1, 0.15) is 5.75 Å². The average molecular weight is 384 g/mol. The first-order chi connectivity index (χ1) is 13.5. The van der Waals surface area contributed by atoms with Crippen molar-refractivity contribution in [2.75, 3.05) is 39.3 Å². The molecule has 0 bridgehead atoms. The standard InChI is InChI=1S/C22H28N2O4/c1-15-8-6-7-9-18(15)24-16(2)12-23(14-22(24)25)13-17-10-20(27-4)21(28-5)11-19(17)26-3/h6-11,16H,12-14H2,1-5H3. The molecule has 0 radical (unpaired) electrons. The summed E-state index contributed by atoms with van der Waals surface area (Å²) in [6, 6.07) is 11.8. The highest BCUT2D eigenvalue weighted by Gasteiger charge is 2.32. The van der Waals surface area contributed by atoms with Crippen LogP contribution >= 0.6 is 0 Å². The molecule has 6 heteroatoms. The Morgan fingerprint density at radius 2 is 1.64 bits per heavy atom. The zero-order valence-electron chi connectivity index (χ0n) is 17.2. The van der Waals surface area contributed by atoms with Crippen LogP contribution in [0.15, 0.2) is 36.4 Å². The van der Waals surface area contributed by atoms with Crippen molar-refractivity contribution in [2.45, 2.75) is 26.4 Å². The van der Waals surface area contributed by atoms with Crippen LogP contribution in [0.25, 0.3) is 0 Å². The van der Waals surface area contributed by atoms with Gasteiger partial charge in [0.15, 0.2) is 11.5 Å². The first-order valence-corrected chi connectivity index (χ1v) is 9.37. The van der Waals surface area contributed by atoms with Crippen molar-refractivity contribution >= 4 is 11.6 Å². The third-order valence-electron chi connectivity index (χ3n) is 5.15. The second-order valence-corrected chi connectivity index (χ2v) is 7.09. The quantitative estimate of drug-likeness (QED) is 0.765. The van der Waals surface area contributed by atoms with Crippen molar-refractivity contribution in [2.24, 2.45) is 0 Å². The number of anilines is 1. The topological polar surface area (TPSA) is 51.2 Å². The fraction of sp³-hybridized carbons (Fsp3) is 0.409. The van der Waals surface area contributed by atoms with Gasteiger partial charge in [0.05, 0.1) is 27.9 Å². The molecule has 6 nitrogen and oxygen atoms in total. The number of hydrogen-bond donors (Lipinski definition) is 0. The van der Waals surface area contributed by atoms with Crippen molar-refractivity contribution in [1.82, 2.24) is 4.90 Å². The van der Waals surface area contributed by atoms with Gasteiger partial charge in [0.2, 0.25) is 5.91 Å². The molecule has 2 aromatic carbocycles. The van der Waals surface area contributed by atoms with Gasteiger partial charge in [-0.15, -0.1) is 0 Å². The number of aryl methyl sites for hydroxylation is 1. The predicted molar refractivity (Wildman–Crippen MR) is 110 cm³/mol. The lowest BCUT2D eigenvalue weighted by molar-refractivity contribution is -0.122. The summed E-state index contributed by atoms with van der Waals surface area (Å²) in [6.45, 7) is 5.85. The van der Waals surface area contributed by atoms with Crippen LogP contribution in [0.5, 0.6) is 17.2 Å². The van der Waals surface area contributed by atoms with E-state index in [1.54, 1.807) is 21.3 Å². The summed E-state index contributed by atoms with van der Waals surface area (Å²) in [7, 11) is 4.84. The maximum atomic E-state index is 12.9. The van der Waals surface area contributed by atoms with Crippen LogP contribution in [0.2, 0.25) is 0 Å². The molecule has 1 aliphatic rings. The number of hydrogen-bond acceptors (Lipinski definition) is 5. The monoisotopic (exact) mass is 384 g/mol. The number of piperazine rings is 1. The Balaban J connectivity index is 1.81. The highest BCUT2D eigenvalue weighted by Crippen LogP contribution is 2.35. The van der Waals surface area contributed by atoms with Crippen molar-refractivity contribution in [1.29, 1.82) is 0 Å². The van der Waals surface area contributed by atoms with Gasteiger partial charge < -0.3 is 19.1 Å². The van der Waals surface area contributed by atoms with Gasteiger partial charge in [-0.2, -0.15) is 0 Å². The van der Waals surface area contributed by atoms with E-state index in [1.165, 1.54) is 0 Å². The number of carbonyl (C=O) groups excluding carboxylic acids is 1. The Labute approximate surface area is 166 Å². The second-order valence-electron chi connectivity index (χ2n) is 7.09. The van der Waals surface area contributed by atoms with E-state index in [4.69, 9.17) is 14.2 Å². The van der Waals surface area contributed by atoms with Crippen molar-refractivity contribution < 1.29 is 19.0 Å². The van der Waals surface area contributed by atoms with Crippen LogP contribution in [0.3, 0.4) is 0 Å². The summed E-state index contributed by atoms with van der Waals surface area (Å²) in [6.07, 6.45) is 0. The van der Waals surface area contributed by atoms with Crippen LogP contribution in [0.4, 0.5) is 5.69 Å². The van der Waals surface area contributed by atoms with Crippen LogP contribution in [-0.2, 0) is 11.3 Å². The molecule has 3 rings (SSSR count). The molecule has 0 aromatic heterocycles. The molecule has 2 aromatic rings. The Hall–Kier alpha value is -2.73. The summed E-state index contributed by atoms with van der Waals surface area (Å²) in [5.41, 5.74) is 3.06. The summed E-state index contributed by atoms with van der Waals surface area (Å²) < 4.78 is 16.3. The minimum Gasteiger partial charge on any atom is -0.496 e. The molecule has 0 aliphatic carbocycles. The highest BCUT2D eigenvalue weighted by atomic mass is 16.5. The smallest absolute Gasteiger partial charge is 0.241 e. The zero-order valence-corrected chi connectivity index (χ0v) is 17.2. The Morgan fingerprint density at radius 1 is 1.00 bits per heavy atom. The molecule has 0 spiro atoms. The number of amides is 1. The van der Waals surface area contributed by atoms with Crippen molar-refractivity contribution in [3.63, 3.8) is 0 Å². The lowest BCUT2D eigenvalue weighted by atomic mass is 10.1. The van der Waals surface area contributed by atoms with Crippen LogP contribution in [0.1, 0.15) is 18.1 Å². The maximum absolute atomic E-state index is 12.9. The summed E-state index contributed by atoms with van der Waals surface area (Å²) in [5.74, 6) is 2.10. The molecule has 1 unspecified atom stereocenters. The third-order valence-corrected chi connectivity index (χ3v) is 5.15. The number of rotatable bonds is 6. The fourth-order valence-corrected chi connectivity index (χ4v) is 3.82. The first kappa shape index (κ1) is 20.0. The van der Waals surface area contributed by atoms with Gasteiger partial charge >= 0.3 is 0 Å². The molecule has 1 atom stereocenters. The van der Waals surface area contributed by atoms with Gasteiger partial charge in [-0.25, -0.2) is 0 Å². The average Bonchev–Trinajstić information content (AvgIpc) is 2.68. The van der Waals surface area contributed by atoms with E-state index >= 15 is 0 Å². The lowest BCUT2D eigenvalue weighted by Gasteiger charge is -2.40. The number of nitrogens with zero attached hydrogens (tertiary/aromatic N) is 2. The summed E-state index contributed by atoms with van der Waals surface area (Å²) in [4.78, 5) is 17.0. The molecule has 150 valence electrons. The van der Waals surface area contributed by atoms with Gasteiger partial charge in [0, 0.05) is 36.4 Å². The molecule has 0 saturated carbocycles. The molecule has 1 saturated heterocycles. The van der Waals surface area contributed by atoms with Gasteiger partial charge in [-0.3, -0.25) is 9.69 Å². The molecule has 1 aliphatic heterocycles. The van der Waals surface area contributed by atoms with E-state index in [-0.39, 0.29) is 11.9 Å². The van der Waals surface area contributed by atoms with Gasteiger partial charge in [-0.05, 0) is 31.5 Å². The molecule has 1 fully saturated rings. The first-order valence-electron chi connectivity index (χ1n) is 9.37. The van der Waals surface area contributed by atoms with E-state index in [1.807, 2.05) is 48.2 Å². The number of para-hydroxylation sites is 1. The Kier molecular flexibility index (Phi) is 6.09. The molecule has 28 heavy (non-hydrogen) atoms. The SMILES string of the molecule is COc1cc(OC)c(OC)cc1CN1CC(=O)N(c2ccccc2C)C(C)C1. The zero-order chi connectivity index (χ0) is 20.3. The minimum atomic E-state index is 0.0773. The third kappa shape index (κ3) is 3.92. The van der Waals surface area contributed by atoms with Gasteiger partial charge in [0.25, 0.3) is 0 Å². The fourth-order valence-electron chi connectivity index (χ4n) is 3.82. The van der Waals surface area contributed by atoms with Crippen LogP contribution < -0.4 is 19.1 Å².